The molecule has 0 bridgehead atoms. The summed E-state index contributed by atoms with van der Waals surface area (Å²) in [5, 5.41) is 20.4. The number of hydrogen-bond donors (Lipinski definition) is 2. The summed E-state index contributed by atoms with van der Waals surface area (Å²) in [5.41, 5.74) is 2.20. The van der Waals surface area contributed by atoms with Crippen molar-refractivity contribution in [3.63, 3.8) is 0 Å². The second-order valence-corrected chi connectivity index (χ2v) is 8.63. The fourth-order valence-electron chi connectivity index (χ4n) is 4.48. The number of nitrogens with one attached hydrogen (secondary N) is 1. The number of benzene rings is 2. The van der Waals surface area contributed by atoms with Gasteiger partial charge in [0.1, 0.15) is 11.5 Å². The van der Waals surface area contributed by atoms with Gasteiger partial charge in [0.2, 0.25) is 0 Å². The van der Waals surface area contributed by atoms with E-state index < -0.39 is 6.10 Å². The van der Waals surface area contributed by atoms with Crippen LogP contribution in [0.25, 0.3) is 0 Å². The Balaban J connectivity index is 1.66. The predicted molar refractivity (Wildman–Crippen MR) is 123 cm³/mol. The molecular weight excluding hydrogens is 414 g/mol. The van der Waals surface area contributed by atoms with Crippen molar-refractivity contribution in [1.29, 1.82) is 0 Å². The fraction of sp³-hybridized carbons (Fsp3) is 0.417. The number of anilines is 1. The number of nitrogens with zero attached hydrogens (tertiary/aromatic N) is 2. The molecule has 0 unspecified atom stereocenters. The van der Waals surface area contributed by atoms with Crippen molar-refractivity contribution in [1.82, 2.24) is 5.32 Å². The molecule has 1 aliphatic carbocycles. The number of aliphatic hydroxyl groups is 1. The van der Waals surface area contributed by atoms with E-state index in [1.807, 2.05) is 60.5 Å². The number of hydrogen-bond acceptors (Lipinski definition) is 5. The lowest BCUT2D eigenvalue weighted by atomic mass is 9.89. The smallest absolute Gasteiger partial charge is 0.268 e. The van der Waals surface area contributed by atoms with Gasteiger partial charge in [0.15, 0.2) is 0 Å². The average Bonchev–Trinajstić information content (AvgIpc) is 3.12. The van der Waals surface area contributed by atoms with Gasteiger partial charge in [-0.25, -0.2) is 0 Å². The Kier molecular flexibility index (Phi) is 6.49. The van der Waals surface area contributed by atoms with E-state index in [1.165, 1.54) is 0 Å². The Labute approximate surface area is 187 Å². The lowest BCUT2D eigenvalue weighted by Gasteiger charge is -2.29. The maximum Gasteiger partial charge on any atom is 0.268 e. The van der Waals surface area contributed by atoms with Crippen molar-refractivity contribution < 1.29 is 14.6 Å². The van der Waals surface area contributed by atoms with Crippen LogP contribution >= 0.6 is 11.6 Å². The quantitative estimate of drug-likeness (QED) is 0.724. The van der Waals surface area contributed by atoms with Crippen molar-refractivity contribution in [2.24, 2.45) is 11.0 Å². The molecule has 7 heteroatoms. The number of ether oxygens (including phenoxy) is 1. The standard InChI is InChI=1S/C24H28ClN3O3/c1-15-22(24(30)26-19-8-4-6-10-21(19)29)27-28(20-9-5-3-7-18(20)25)23(15)16-11-13-17(31-2)14-12-16/h3,5,7,9,11-15,19,21,23,29H,4,6,8,10H2,1-2H3,(H,26,30)/t15-,19-,21-,23+/m0/s1. The maximum atomic E-state index is 13.2. The molecule has 2 N–H and O–H groups in total. The number of para-hydroxylation sites is 1. The van der Waals surface area contributed by atoms with Gasteiger partial charge in [0.05, 0.1) is 36.0 Å². The average molecular weight is 442 g/mol. The number of amides is 1. The molecule has 4 rings (SSSR count). The van der Waals surface area contributed by atoms with E-state index in [9.17, 15) is 9.90 Å². The molecule has 1 aliphatic heterocycles. The molecule has 1 fully saturated rings. The Morgan fingerprint density at radius 3 is 2.55 bits per heavy atom. The lowest BCUT2D eigenvalue weighted by molar-refractivity contribution is -0.116. The van der Waals surface area contributed by atoms with Gasteiger partial charge in [-0.3, -0.25) is 9.80 Å². The van der Waals surface area contributed by atoms with Gasteiger partial charge in [0.25, 0.3) is 5.91 Å². The van der Waals surface area contributed by atoms with Gasteiger partial charge in [-0.1, -0.05) is 55.6 Å². The predicted octanol–water partition coefficient (Wildman–Crippen LogP) is 4.32. The summed E-state index contributed by atoms with van der Waals surface area (Å²) in [7, 11) is 1.63. The highest BCUT2D eigenvalue weighted by Crippen LogP contribution is 2.42. The zero-order valence-corrected chi connectivity index (χ0v) is 18.5. The van der Waals surface area contributed by atoms with E-state index in [0.717, 1.165) is 36.3 Å². The first-order chi connectivity index (χ1) is 15.0. The Morgan fingerprint density at radius 1 is 1.16 bits per heavy atom. The van der Waals surface area contributed by atoms with Gasteiger partial charge in [0, 0.05) is 5.92 Å². The molecule has 2 aromatic rings. The summed E-state index contributed by atoms with van der Waals surface area (Å²) in [6, 6.07) is 14.9. The number of aliphatic hydroxyl groups excluding tert-OH is 1. The largest absolute Gasteiger partial charge is 0.497 e. The molecule has 6 nitrogen and oxygen atoms in total. The monoisotopic (exact) mass is 441 g/mol. The highest BCUT2D eigenvalue weighted by atomic mass is 35.5. The fourth-order valence-corrected chi connectivity index (χ4v) is 4.70. The number of carbonyl (C=O) groups is 1. The van der Waals surface area contributed by atoms with Crippen LogP contribution in [0.3, 0.4) is 0 Å². The summed E-state index contributed by atoms with van der Waals surface area (Å²) in [6.07, 6.45) is 2.99. The number of halogens is 1. The van der Waals surface area contributed by atoms with E-state index in [-0.39, 0.29) is 23.9 Å². The van der Waals surface area contributed by atoms with Crippen LogP contribution in [0.2, 0.25) is 5.02 Å². The second-order valence-electron chi connectivity index (χ2n) is 8.22. The summed E-state index contributed by atoms with van der Waals surface area (Å²) in [6.45, 7) is 2.00. The van der Waals surface area contributed by atoms with Crippen LogP contribution < -0.4 is 15.1 Å². The summed E-state index contributed by atoms with van der Waals surface area (Å²) < 4.78 is 5.29. The zero-order valence-electron chi connectivity index (χ0n) is 17.8. The van der Waals surface area contributed by atoms with E-state index in [0.29, 0.717) is 17.2 Å². The molecular formula is C24H28ClN3O3. The highest BCUT2D eigenvalue weighted by Gasteiger charge is 2.40. The van der Waals surface area contributed by atoms with E-state index >= 15 is 0 Å². The highest BCUT2D eigenvalue weighted by molar-refractivity contribution is 6.41. The van der Waals surface area contributed by atoms with E-state index in [2.05, 4.69) is 5.32 Å². The molecule has 0 saturated heterocycles. The van der Waals surface area contributed by atoms with Gasteiger partial charge in [-0.2, -0.15) is 5.10 Å². The molecule has 0 spiro atoms. The maximum absolute atomic E-state index is 13.2. The van der Waals surface area contributed by atoms with Crippen LogP contribution in [0.5, 0.6) is 5.75 Å². The van der Waals surface area contributed by atoms with Gasteiger partial charge >= 0.3 is 0 Å². The van der Waals surface area contributed by atoms with Crippen LogP contribution in [0.15, 0.2) is 53.6 Å². The van der Waals surface area contributed by atoms with Gasteiger partial charge < -0.3 is 15.2 Å². The normalized spacial score (nSPS) is 25.8. The Hall–Kier alpha value is -2.57. The molecule has 1 heterocycles. The summed E-state index contributed by atoms with van der Waals surface area (Å²) >= 11 is 6.49. The summed E-state index contributed by atoms with van der Waals surface area (Å²) in [4.78, 5) is 13.2. The first-order valence-electron chi connectivity index (χ1n) is 10.7. The minimum absolute atomic E-state index is 0.176. The molecule has 0 aromatic heterocycles. The minimum atomic E-state index is -0.507. The topological polar surface area (TPSA) is 74.2 Å². The van der Waals surface area contributed by atoms with E-state index in [1.54, 1.807) is 7.11 Å². The molecule has 31 heavy (non-hydrogen) atoms. The second kappa shape index (κ2) is 9.28. The van der Waals surface area contributed by atoms with Crippen LogP contribution in [-0.2, 0) is 4.79 Å². The van der Waals surface area contributed by atoms with Crippen molar-refractivity contribution in [3.8, 4) is 5.75 Å². The first-order valence-corrected chi connectivity index (χ1v) is 11.1. The van der Waals surface area contributed by atoms with Gasteiger partial charge in [-0.05, 0) is 42.7 Å². The third-order valence-corrected chi connectivity index (χ3v) is 6.54. The molecule has 2 aliphatic rings. The van der Waals surface area contributed by atoms with Crippen LogP contribution in [0.4, 0.5) is 5.69 Å². The van der Waals surface area contributed by atoms with Crippen LogP contribution in [0.1, 0.15) is 44.2 Å². The molecule has 164 valence electrons. The number of rotatable bonds is 5. The molecule has 4 atom stereocenters. The first kappa shape index (κ1) is 21.7. The van der Waals surface area contributed by atoms with Crippen molar-refractivity contribution in [2.75, 3.05) is 12.1 Å². The van der Waals surface area contributed by atoms with E-state index in [4.69, 9.17) is 21.4 Å². The number of hydrazone groups is 1. The third kappa shape index (κ3) is 4.41. The molecule has 0 radical (unpaired) electrons. The van der Waals surface area contributed by atoms with Crippen molar-refractivity contribution >= 4 is 28.9 Å². The summed E-state index contributed by atoms with van der Waals surface area (Å²) in [5.74, 6) is 0.362. The molecule has 1 amide bonds. The number of carbonyl (C=O) groups excluding carboxylic acids is 1. The minimum Gasteiger partial charge on any atom is -0.497 e. The van der Waals surface area contributed by atoms with Gasteiger partial charge in [-0.15, -0.1) is 0 Å². The SMILES string of the molecule is COc1ccc([C@H]2[C@@H](C)C(C(=O)N[C@H]3CCCC[C@@H]3O)=NN2c2ccccc2Cl)cc1. The third-order valence-electron chi connectivity index (χ3n) is 6.22. The van der Waals surface area contributed by atoms with Crippen LogP contribution in [-0.4, -0.2) is 36.0 Å². The Bertz CT molecular complexity index is 963. The van der Waals surface area contributed by atoms with Crippen molar-refractivity contribution in [3.05, 3.63) is 59.1 Å². The lowest BCUT2D eigenvalue weighted by Crippen LogP contribution is -2.48. The zero-order chi connectivity index (χ0) is 22.0. The molecule has 1 saturated carbocycles. The van der Waals surface area contributed by atoms with Crippen molar-refractivity contribution in [2.45, 2.75) is 50.8 Å². The Morgan fingerprint density at radius 2 is 1.87 bits per heavy atom. The number of methoxy groups -OCH3 is 1. The molecule has 2 aromatic carbocycles. The van der Waals surface area contributed by atoms with Crippen LogP contribution in [0, 0.1) is 5.92 Å².